The van der Waals surface area contributed by atoms with E-state index in [1.54, 1.807) is 13.0 Å². The summed E-state index contributed by atoms with van der Waals surface area (Å²) in [7, 11) is 0. The lowest BCUT2D eigenvalue weighted by Gasteiger charge is -2.29. The molecule has 0 atom stereocenters. The van der Waals surface area contributed by atoms with Gasteiger partial charge >= 0.3 is 5.97 Å². The molecule has 0 unspecified atom stereocenters. The van der Waals surface area contributed by atoms with Crippen LogP contribution in [-0.4, -0.2) is 23.8 Å². The number of hydrogen-bond donors (Lipinski definition) is 0. The molecule has 2 aromatic carbocycles. The number of hydrogen-bond acceptors (Lipinski definition) is 4. The Kier molecular flexibility index (Phi) is 6.05. The summed E-state index contributed by atoms with van der Waals surface area (Å²) >= 11 is 0. The molecule has 0 saturated carbocycles. The average molecular weight is 364 g/mol. The maximum atomic E-state index is 12.5. The second-order valence-electron chi connectivity index (χ2n) is 8.55. The van der Waals surface area contributed by atoms with Crippen molar-refractivity contribution in [3.8, 4) is 6.07 Å². The first-order chi connectivity index (χ1) is 12.6. The number of nitriles is 1. The molecule has 0 aliphatic heterocycles. The number of rotatable bonds is 5. The fourth-order valence-electron chi connectivity index (χ4n) is 3.68. The topological polar surface area (TPSA) is 62.5 Å². The van der Waals surface area contributed by atoms with Crippen LogP contribution in [0.3, 0.4) is 0 Å². The van der Waals surface area contributed by atoms with Crippen LogP contribution in [0.25, 0.3) is 10.8 Å². The molecule has 0 heterocycles. The Morgan fingerprint density at radius 3 is 2.37 bits per heavy atom. The molecule has 0 amide bonds. The van der Waals surface area contributed by atoms with Crippen LogP contribution in [0.15, 0.2) is 41.4 Å². The summed E-state index contributed by atoms with van der Waals surface area (Å²) in [5.41, 5.74) is 0.824. The molecule has 0 aromatic heterocycles. The number of esters is 1. The maximum absolute atomic E-state index is 12.5. The van der Waals surface area contributed by atoms with Crippen LogP contribution in [-0.2, 0) is 4.74 Å². The normalized spacial score (nSPS) is 12.7. The van der Waals surface area contributed by atoms with Crippen molar-refractivity contribution in [2.45, 2.75) is 53.5 Å². The Morgan fingerprint density at radius 1 is 1.11 bits per heavy atom. The predicted molar refractivity (Wildman–Crippen MR) is 110 cm³/mol. The quantitative estimate of drug-likeness (QED) is 0.516. The molecule has 2 aromatic rings. The van der Waals surface area contributed by atoms with Gasteiger partial charge in [0.05, 0.1) is 17.7 Å². The molecule has 0 aliphatic rings. The Hall–Kier alpha value is -2.67. The summed E-state index contributed by atoms with van der Waals surface area (Å²) in [6, 6.07) is 13.5. The van der Waals surface area contributed by atoms with Crippen molar-refractivity contribution in [2.75, 3.05) is 6.61 Å². The number of carbonyl (C=O) groups is 1. The molecule has 4 nitrogen and oxygen atoms in total. The molecule has 142 valence electrons. The molecular weight excluding hydrogens is 336 g/mol. The van der Waals surface area contributed by atoms with Gasteiger partial charge in [0, 0.05) is 5.56 Å². The largest absolute Gasteiger partial charge is 0.462 e. The highest BCUT2D eigenvalue weighted by Crippen LogP contribution is 2.31. The smallest absolute Gasteiger partial charge is 0.338 e. The van der Waals surface area contributed by atoms with Crippen LogP contribution in [0.4, 0.5) is 0 Å². The van der Waals surface area contributed by atoms with E-state index in [0.29, 0.717) is 11.1 Å². The molecule has 0 radical (unpaired) electrons. The summed E-state index contributed by atoms with van der Waals surface area (Å²) in [5, 5.41) is 11.7. The van der Waals surface area contributed by atoms with Gasteiger partial charge in [-0.3, -0.25) is 4.99 Å². The van der Waals surface area contributed by atoms with Crippen molar-refractivity contribution in [1.29, 1.82) is 5.26 Å². The molecule has 0 saturated heterocycles. The van der Waals surface area contributed by atoms with Crippen LogP contribution >= 0.6 is 0 Å². The van der Waals surface area contributed by atoms with E-state index in [1.165, 1.54) is 0 Å². The van der Waals surface area contributed by atoms with Gasteiger partial charge in [0.15, 0.2) is 0 Å². The van der Waals surface area contributed by atoms with Gasteiger partial charge in [0.1, 0.15) is 11.8 Å². The molecular formula is C23H28N2O2. The van der Waals surface area contributed by atoms with E-state index in [2.05, 4.69) is 26.8 Å². The van der Waals surface area contributed by atoms with Gasteiger partial charge in [-0.15, -0.1) is 0 Å². The number of fused-ring (bicyclic) bond motifs is 1. The number of carbonyl (C=O) groups excluding carboxylic acids is 1. The lowest BCUT2D eigenvalue weighted by molar-refractivity contribution is 0.0526. The number of aliphatic imine (C=N–C) groups is 1. The average Bonchev–Trinajstić information content (AvgIpc) is 2.57. The van der Waals surface area contributed by atoms with Crippen LogP contribution in [0, 0.1) is 16.7 Å². The van der Waals surface area contributed by atoms with Crippen LogP contribution in [0.2, 0.25) is 0 Å². The summed E-state index contributed by atoms with van der Waals surface area (Å²) in [5.74, 6) is -0.435. The highest BCUT2D eigenvalue weighted by molar-refractivity contribution is 6.23. The van der Waals surface area contributed by atoms with Crippen molar-refractivity contribution >= 4 is 22.5 Å². The molecule has 27 heavy (non-hydrogen) atoms. The van der Waals surface area contributed by atoms with Gasteiger partial charge in [-0.05, 0) is 49.4 Å². The first-order valence-electron chi connectivity index (χ1n) is 9.27. The van der Waals surface area contributed by atoms with E-state index in [-0.39, 0.29) is 17.7 Å². The lowest BCUT2D eigenvalue weighted by atomic mass is 9.82. The minimum Gasteiger partial charge on any atom is -0.462 e. The third-order valence-electron chi connectivity index (χ3n) is 4.14. The van der Waals surface area contributed by atoms with Crippen LogP contribution in [0.5, 0.6) is 0 Å². The highest BCUT2D eigenvalue weighted by Gasteiger charge is 2.27. The maximum Gasteiger partial charge on any atom is 0.338 e. The second-order valence-corrected chi connectivity index (χ2v) is 8.55. The molecule has 0 N–H and O–H groups in total. The number of ether oxygens (including phenoxy) is 1. The number of nitrogens with zero attached hydrogens (tertiary/aromatic N) is 2. The fourth-order valence-corrected chi connectivity index (χ4v) is 3.68. The first-order valence-corrected chi connectivity index (χ1v) is 9.27. The minimum absolute atomic E-state index is 0.0658. The Balaban J connectivity index is 2.72. The van der Waals surface area contributed by atoms with Crippen LogP contribution < -0.4 is 0 Å². The van der Waals surface area contributed by atoms with Gasteiger partial charge in [0.25, 0.3) is 0 Å². The first kappa shape index (κ1) is 20.6. The molecule has 0 fully saturated rings. The second kappa shape index (κ2) is 7.92. The summed E-state index contributed by atoms with van der Waals surface area (Å²) in [6.07, 6.45) is 0.810. The Labute approximate surface area is 161 Å². The van der Waals surface area contributed by atoms with Crippen molar-refractivity contribution < 1.29 is 9.53 Å². The molecule has 2 rings (SSSR count). The van der Waals surface area contributed by atoms with Crippen molar-refractivity contribution in [2.24, 2.45) is 10.4 Å². The predicted octanol–water partition coefficient (Wildman–Crippen LogP) is 5.54. The van der Waals surface area contributed by atoms with E-state index >= 15 is 0 Å². The zero-order valence-corrected chi connectivity index (χ0v) is 17.1. The standard InChI is InChI=1S/C23H28N2O2/c1-7-27-21(26)18-13-12-16-10-8-9-11-17(16)20(18)19(14-24)25-23(5,6)15-22(2,3)4/h8-13H,7,15H2,1-6H3. The van der Waals surface area contributed by atoms with Crippen LogP contribution in [0.1, 0.15) is 63.9 Å². The number of benzene rings is 2. The van der Waals surface area contributed by atoms with Gasteiger partial charge in [0.2, 0.25) is 0 Å². The van der Waals surface area contributed by atoms with Crippen molar-refractivity contribution in [3.63, 3.8) is 0 Å². The van der Waals surface area contributed by atoms with Gasteiger partial charge in [-0.2, -0.15) is 5.26 Å². The third kappa shape index (κ3) is 5.17. The molecule has 0 bridgehead atoms. The van der Waals surface area contributed by atoms with E-state index in [0.717, 1.165) is 17.2 Å². The van der Waals surface area contributed by atoms with E-state index < -0.39 is 11.5 Å². The third-order valence-corrected chi connectivity index (χ3v) is 4.14. The SMILES string of the molecule is CCOC(=O)c1ccc2ccccc2c1C(C#N)=NC(C)(C)CC(C)(C)C. The molecule has 4 heteroatoms. The molecule has 0 aliphatic carbocycles. The van der Waals surface area contributed by atoms with Gasteiger partial charge in [-0.25, -0.2) is 4.79 Å². The zero-order chi connectivity index (χ0) is 20.2. The van der Waals surface area contributed by atoms with Crippen molar-refractivity contribution in [1.82, 2.24) is 0 Å². The van der Waals surface area contributed by atoms with Gasteiger partial charge < -0.3 is 4.74 Å². The van der Waals surface area contributed by atoms with Gasteiger partial charge in [-0.1, -0.05) is 51.1 Å². The summed E-state index contributed by atoms with van der Waals surface area (Å²) in [6.45, 7) is 12.5. The van der Waals surface area contributed by atoms with E-state index in [4.69, 9.17) is 9.73 Å². The van der Waals surface area contributed by atoms with Crippen molar-refractivity contribution in [3.05, 3.63) is 47.5 Å². The Morgan fingerprint density at radius 2 is 1.78 bits per heavy atom. The zero-order valence-electron chi connectivity index (χ0n) is 17.1. The fraction of sp³-hybridized carbons (Fsp3) is 0.435. The van der Waals surface area contributed by atoms with E-state index in [1.807, 2.05) is 44.2 Å². The summed E-state index contributed by atoms with van der Waals surface area (Å²) < 4.78 is 5.22. The minimum atomic E-state index is -0.438. The Bertz CT molecular complexity index is 912. The highest BCUT2D eigenvalue weighted by atomic mass is 16.5. The lowest BCUT2D eigenvalue weighted by Crippen LogP contribution is -2.27. The summed E-state index contributed by atoms with van der Waals surface area (Å²) in [4.78, 5) is 17.3. The monoisotopic (exact) mass is 364 g/mol. The molecule has 0 spiro atoms. The van der Waals surface area contributed by atoms with E-state index in [9.17, 15) is 10.1 Å².